The number of carbonyl (C=O) groups excluding carboxylic acids is 1. The van der Waals surface area contributed by atoms with E-state index in [2.05, 4.69) is 13.0 Å². The van der Waals surface area contributed by atoms with E-state index in [4.69, 9.17) is 4.74 Å². The highest BCUT2D eigenvalue weighted by atomic mass is 16.5. The van der Waals surface area contributed by atoms with E-state index < -0.39 is 11.7 Å². The first-order valence-corrected chi connectivity index (χ1v) is 6.91. The Labute approximate surface area is 120 Å². The fraction of sp³-hybridized carbons (Fsp3) is 0.562. The van der Waals surface area contributed by atoms with Gasteiger partial charge in [-0.3, -0.25) is 4.79 Å². The van der Waals surface area contributed by atoms with E-state index in [1.54, 1.807) is 20.9 Å². The minimum absolute atomic E-state index is 0.0846. The summed E-state index contributed by atoms with van der Waals surface area (Å²) < 4.78 is 5.77. The van der Waals surface area contributed by atoms with E-state index in [9.17, 15) is 9.90 Å². The van der Waals surface area contributed by atoms with Crippen molar-refractivity contribution in [1.82, 2.24) is 4.90 Å². The molecule has 4 nitrogen and oxygen atoms in total. The average Bonchev–Trinajstić information content (AvgIpc) is 2.69. The normalized spacial score (nSPS) is 17.6. The number of benzene rings is 1. The largest absolute Gasteiger partial charge is 0.480 e. The molecule has 4 heteroatoms. The van der Waals surface area contributed by atoms with Crippen molar-refractivity contribution in [3.8, 4) is 5.75 Å². The molecule has 0 aromatic heterocycles. The molecule has 1 amide bonds. The number of ether oxygens (including phenoxy) is 1. The Balaban J connectivity index is 2.09. The number of hydrogen-bond donors (Lipinski definition) is 1. The summed E-state index contributed by atoms with van der Waals surface area (Å²) in [5.41, 5.74) is 2.57. The Morgan fingerprint density at radius 3 is 2.60 bits per heavy atom. The summed E-state index contributed by atoms with van der Waals surface area (Å²) in [6.07, 6.45) is 0.129. The van der Waals surface area contributed by atoms with Gasteiger partial charge in [-0.25, -0.2) is 0 Å². The van der Waals surface area contributed by atoms with Crippen LogP contribution in [0.4, 0.5) is 0 Å². The fourth-order valence-corrected chi connectivity index (χ4v) is 2.56. The molecule has 0 spiro atoms. The summed E-state index contributed by atoms with van der Waals surface area (Å²) in [6, 6.07) is 4.09. The van der Waals surface area contributed by atoms with Crippen LogP contribution in [0.2, 0.25) is 0 Å². The van der Waals surface area contributed by atoms with Crippen LogP contribution in [0.3, 0.4) is 0 Å². The lowest BCUT2D eigenvalue weighted by molar-refractivity contribution is -0.139. The zero-order chi connectivity index (χ0) is 15.1. The van der Waals surface area contributed by atoms with Crippen LogP contribution in [-0.2, 0) is 11.2 Å². The summed E-state index contributed by atoms with van der Waals surface area (Å²) >= 11 is 0. The van der Waals surface area contributed by atoms with Gasteiger partial charge in [-0.15, -0.1) is 0 Å². The number of aliphatic hydroxyl groups is 1. The van der Waals surface area contributed by atoms with Crippen LogP contribution in [0.25, 0.3) is 0 Å². The first kappa shape index (κ1) is 14.9. The molecule has 1 aromatic carbocycles. The number of likely N-dealkylation sites (N-methyl/N-ethyl adjacent to an activating group) is 1. The minimum atomic E-state index is -0.900. The Hall–Kier alpha value is -1.55. The smallest absolute Gasteiger partial charge is 0.263 e. The van der Waals surface area contributed by atoms with Crippen LogP contribution >= 0.6 is 0 Å². The van der Waals surface area contributed by atoms with Crippen molar-refractivity contribution in [3.63, 3.8) is 0 Å². The Morgan fingerprint density at radius 2 is 2.00 bits per heavy atom. The van der Waals surface area contributed by atoms with E-state index in [1.165, 1.54) is 16.0 Å². The maximum atomic E-state index is 12.4. The van der Waals surface area contributed by atoms with Gasteiger partial charge in [-0.05, 0) is 50.5 Å². The molecule has 1 aromatic rings. The van der Waals surface area contributed by atoms with Gasteiger partial charge in [0.1, 0.15) is 5.75 Å². The molecule has 110 valence electrons. The highest BCUT2D eigenvalue weighted by Gasteiger charge is 2.33. The van der Waals surface area contributed by atoms with Crippen molar-refractivity contribution in [2.75, 3.05) is 13.6 Å². The van der Waals surface area contributed by atoms with Crippen LogP contribution < -0.4 is 4.74 Å². The Bertz CT molecular complexity index is 500. The average molecular weight is 277 g/mol. The summed E-state index contributed by atoms with van der Waals surface area (Å²) in [6.45, 7) is 7.77. The van der Waals surface area contributed by atoms with Gasteiger partial charge in [0.15, 0.2) is 6.10 Å². The lowest BCUT2D eigenvalue weighted by Crippen LogP contribution is -2.45. The van der Waals surface area contributed by atoms with Crippen LogP contribution in [0.15, 0.2) is 12.1 Å². The molecule has 1 aliphatic rings. The van der Waals surface area contributed by atoms with Gasteiger partial charge in [0, 0.05) is 20.0 Å². The highest BCUT2D eigenvalue weighted by Crippen LogP contribution is 2.32. The molecule has 1 atom stereocenters. The number of amides is 1. The topological polar surface area (TPSA) is 49.8 Å². The SMILES string of the molecule is Cc1cc2c(cc1C)OC(C(=O)N(C)CC(C)(C)O)C2. The zero-order valence-corrected chi connectivity index (χ0v) is 12.9. The molecule has 1 heterocycles. The number of hydrogen-bond acceptors (Lipinski definition) is 3. The predicted octanol–water partition coefficient (Wildman–Crippen LogP) is 1.84. The Morgan fingerprint density at radius 1 is 1.40 bits per heavy atom. The van der Waals surface area contributed by atoms with Crippen molar-refractivity contribution in [3.05, 3.63) is 28.8 Å². The van der Waals surface area contributed by atoms with Gasteiger partial charge in [0.2, 0.25) is 0 Å². The number of nitrogens with zero attached hydrogens (tertiary/aromatic N) is 1. The second-order valence-electron chi connectivity index (χ2n) is 6.36. The van der Waals surface area contributed by atoms with Gasteiger partial charge in [-0.1, -0.05) is 6.07 Å². The number of fused-ring (bicyclic) bond motifs is 1. The third-order valence-electron chi connectivity index (χ3n) is 3.63. The van der Waals surface area contributed by atoms with Crippen LogP contribution in [0.1, 0.15) is 30.5 Å². The molecule has 0 radical (unpaired) electrons. The van der Waals surface area contributed by atoms with E-state index in [0.29, 0.717) is 13.0 Å². The van der Waals surface area contributed by atoms with E-state index in [1.807, 2.05) is 13.0 Å². The fourth-order valence-electron chi connectivity index (χ4n) is 2.56. The van der Waals surface area contributed by atoms with E-state index in [0.717, 1.165) is 11.3 Å². The van der Waals surface area contributed by atoms with Crippen LogP contribution in [0, 0.1) is 13.8 Å². The lowest BCUT2D eigenvalue weighted by atomic mass is 10.0. The molecular weight excluding hydrogens is 254 g/mol. The van der Waals surface area contributed by atoms with Gasteiger partial charge < -0.3 is 14.7 Å². The van der Waals surface area contributed by atoms with Crippen LogP contribution in [-0.4, -0.2) is 41.2 Å². The monoisotopic (exact) mass is 277 g/mol. The van der Waals surface area contributed by atoms with Crippen molar-refractivity contribution in [2.45, 2.75) is 45.8 Å². The molecule has 2 rings (SSSR count). The Kier molecular flexibility index (Phi) is 3.78. The summed E-state index contributed by atoms with van der Waals surface area (Å²) in [5.74, 6) is 0.724. The molecule has 0 bridgehead atoms. The molecule has 1 unspecified atom stereocenters. The summed E-state index contributed by atoms with van der Waals surface area (Å²) in [7, 11) is 1.70. The molecule has 0 saturated carbocycles. The number of carbonyl (C=O) groups is 1. The first-order valence-electron chi connectivity index (χ1n) is 6.91. The second kappa shape index (κ2) is 5.09. The first-order chi connectivity index (χ1) is 9.17. The molecule has 0 aliphatic carbocycles. The van der Waals surface area contributed by atoms with Gasteiger partial charge in [0.05, 0.1) is 5.60 Å². The second-order valence-corrected chi connectivity index (χ2v) is 6.36. The highest BCUT2D eigenvalue weighted by molar-refractivity contribution is 5.82. The van der Waals surface area contributed by atoms with Gasteiger partial charge >= 0.3 is 0 Å². The maximum absolute atomic E-state index is 12.4. The van der Waals surface area contributed by atoms with Crippen molar-refractivity contribution in [1.29, 1.82) is 0 Å². The number of rotatable bonds is 3. The van der Waals surface area contributed by atoms with E-state index in [-0.39, 0.29) is 5.91 Å². The van der Waals surface area contributed by atoms with Crippen LogP contribution in [0.5, 0.6) is 5.75 Å². The molecular formula is C16H23NO3. The van der Waals surface area contributed by atoms with Gasteiger partial charge in [0.25, 0.3) is 5.91 Å². The predicted molar refractivity (Wildman–Crippen MR) is 78.0 cm³/mol. The maximum Gasteiger partial charge on any atom is 0.263 e. The standard InChI is InChI=1S/C16H23NO3/c1-10-6-12-8-14(20-13(12)7-11(10)2)15(18)17(5)9-16(3,4)19/h6-7,14,19H,8-9H2,1-5H3. The van der Waals surface area contributed by atoms with E-state index >= 15 is 0 Å². The lowest BCUT2D eigenvalue weighted by Gasteiger charge is -2.27. The third kappa shape index (κ3) is 3.12. The summed E-state index contributed by atoms with van der Waals surface area (Å²) in [4.78, 5) is 13.9. The van der Waals surface area contributed by atoms with Crippen molar-refractivity contribution >= 4 is 5.91 Å². The summed E-state index contributed by atoms with van der Waals surface area (Å²) in [5, 5.41) is 9.79. The molecule has 20 heavy (non-hydrogen) atoms. The quantitative estimate of drug-likeness (QED) is 0.917. The zero-order valence-electron chi connectivity index (χ0n) is 12.9. The number of aryl methyl sites for hydroxylation is 2. The third-order valence-corrected chi connectivity index (χ3v) is 3.63. The minimum Gasteiger partial charge on any atom is -0.480 e. The van der Waals surface area contributed by atoms with Gasteiger partial charge in [-0.2, -0.15) is 0 Å². The van der Waals surface area contributed by atoms with Crippen molar-refractivity contribution < 1.29 is 14.6 Å². The van der Waals surface area contributed by atoms with Crippen molar-refractivity contribution in [2.24, 2.45) is 0 Å². The molecule has 0 saturated heterocycles. The molecule has 1 aliphatic heterocycles. The molecule has 1 N–H and O–H groups in total. The molecule has 0 fully saturated rings.